The zero-order valence-corrected chi connectivity index (χ0v) is 26.0. The zero-order chi connectivity index (χ0) is 31.9. The predicted octanol–water partition coefficient (Wildman–Crippen LogP) is 5.12. The van der Waals surface area contributed by atoms with Gasteiger partial charge in [0.2, 0.25) is 11.5 Å². The minimum atomic E-state index is -0.669. The second kappa shape index (κ2) is 17.6. The van der Waals surface area contributed by atoms with Crippen LogP contribution in [0, 0.1) is 0 Å². The number of carbonyl (C=O) groups excluding carboxylic acids is 2. The molecule has 2 aromatic carbocycles. The lowest BCUT2D eigenvalue weighted by molar-refractivity contribution is -0.137. The fraction of sp³-hybridized carbons (Fsp3) is 0.424. The van der Waals surface area contributed by atoms with E-state index in [1.54, 1.807) is 36.4 Å². The maximum atomic E-state index is 12.4. The van der Waals surface area contributed by atoms with Gasteiger partial charge in [-0.25, -0.2) is 9.59 Å². The van der Waals surface area contributed by atoms with Crippen LogP contribution in [0.5, 0.6) is 23.0 Å². The quantitative estimate of drug-likeness (QED) is 0.108. The van der Waals surface area contributed by atoms with Crippen molar-refractivity contribution >= 4 is 29.0 Å². The topological polar surface area (TPSA) is 123 Å². The summed E-state index contributed by atoms with van der Waals surface area (Å²) in [5.41, 5.74) is 0.630. The van der Waals surface area contributed by atoms with Crippen LogP contribution in [0.15, 0.2) is 51.7 Å². The van der Waals surface area contributed by atoms with E-state index in [1.165, 1.54) is 34.5 Å². The number of fused-ring (bicyclic) bond motifs is 1. The number of hydrogen-bond acceptors (Lipinski definition) is 11. The van der Waals surface area contributed by atoms with Gasteiger partial charge in [0.1, 0.15) is 16.7 Å². The highest BCUT2D eigenvalue weighted by Gasteiger charge is 2.16. The van der Waals surface area contributed by atoms with Gasteiger partial charge in [-0.2, -0.15) is 0 Å². The molecule has 3 rings (SSSR count). The summed E-state index contributed by atoms with van der Waals surface area (Å²) in [5, 5.41) is 0.289. The molecule has 44 heavy (non-hydrogen) atoms. The highest BCUT2D eigenvalue weighted by atomic mass is 16.5. The molecular formula is C33H41NO10. The molecule has 11 nitrogen and oxygen atoms in total. The molecule has 0 bridgehead atoms. The van der Waals surface area contributed by atoms with Gasteiger partial charge in [-0.15, -0.1) is 0 Å². The van der Waals surface area contributed by atoms with Crippen molar-refractivity contribution in [3.05, 3.63) is 64.0 Å². The Morgan fingerprint density at radius 3 is 2.09 bits per heavy atom. The molecule has 0 amide bonds. The first kappa shape index (κ1) is 34.0. The number of hydrogen-bond donors (Lipinski definition) is 0. The lowest BCUT2D eigenvalue weighted by Crippen LogP contribution is -2.21. The van der Waals surface area contributed by atoms with Gasteiger partial charge in [-0.1, -0.05) is 6.07 Å². The molecule has 11 heteroatoms. The largest absolute Gasteiger partial charge is 0.496 e. The molecule has 238 valence electrons. The van der Waals surface area contributed by atoms with Crippen molar-refractivity contribution in [1.29, 1.82) is 0 Å². The second-order valence-electron chi connectivity index (χ2n) is 9.97. The first-order chi connectivity index (χ1) is 21.3. The molecule has 0 atom stereocenters. The van der Waals surface area contributed by atoms with Crippen molar-refractivity contribution in [2.75, 3.05) is 61.8 Å². The number of nitrogens with zero attached hydrogens (tertiary/aromatic N) is 1. The Morgan fingerprint density at radius 1 is 0.795 bits per heavy atom. The van der Waals surface area contributed by atoms with Crippen LogP contribution < -0.4 is 24.4 Å². The first-order valence-corrected chi connectivity index (χ1v) is 14.4. The van der Waals surface area contributed by atoms with Gasteiger partial charge in [0.25, 0.3) is 0 Å². The number of rotatable bonds is 18. The van der Waals surface area contributed by atoms with E-state index in [2.05, 4.69) is 4.90 Å². The second-order valence-corrected chi connectivity index (χ2v) is 9.97. The Hall–Kier alpha value is -4.51. The highest BCUT2D eigenvalue weighted by molar-refractivity contribution is 5.90. The van der Waals surface area contributed by atoms with Crippen molar-refractivity contribution in [3.63, 3.8) is 0 Å². The fourth-order valence-corrected chi connectivity index (χ4v) is 4.52. The van der Waals surface area contributed by atoms with Crippen LogP contribution in [0.2, 0.25) is 0 Å². The molecule has 0 spiro atoms. The Kier molecular flexibility index (Phi) is 13.6. The van der Waals surface area contributed by atoms with Crippen LogP contribution in [0.3, 0.4) is 0 Å². The number of methoxy groups -OCH3 is 4. The lowest BCUT2D eigenvalue weighted by atomic mass is 10.1. The number of benzene rings is 2. The van der Waals surface area contributed by atoms with Crippen molar-refractivity contribution in [2.45, 2.75) is 32.1 Å². The van der Waals surface area contributed by atoms with Gasteiger partial charge < -0.3 is 37.7 Å². The van der Waals surface area contributed by atoms with E-state index in [1.807, 2.05) is 7.05 Å². The first-order valence-electron chi connectivity index (χ1n) is 14.4. The van der Waals surface area contributed by atoms with E-state index < -0.39 is 11.9 Å². The average molecular weight is 612 g/mol. The summed E-state index contributed by atoms with van der Waals surface area (Å²) in [5.74, 6) is 0.664. The van der Waals surface area contributed by atoms with Crippen LogP contribution in [0.1, 0.15) is 48.2 Å². The van der Waals surface area contributed by atoms with E-state index >= 15 is 0 Å². The van der Waals surface area contributed by atoms with Gasteiger partial charge in [-0.05, 0) is 88.1 Å². The Bertz CT molecular complexity index is 1450. The number of unbranched alkanes of at least 4 members (excludes halogenated alkanes) is 3. The Labute approximate surface area is 257 Å². The van der Waals surface area contributed by atoms with E-state index in [4.69, 9.17) is 32.8 Å². The van der Waals surface area contributed by atoms with Gasteiger partial charge in [0.15, 0.2) is 16.9 Å². The minimum absolute atomic E-state index is 0.131. The third kappa shape index (κ3) is 9.77. The van der Waals surface area contributed by atoms with Gasteiger partial charge in [0, 0.05) is 12.1 Å². The monoisotopic (exact) mass is 611 g/mol. The molecule has 0 aliphatic rings. The van der Waals surface area contributed by atoms with E-state index in [0.29, 0.717) is 36.0 Å². The normalized spacial score (nSPS) is 11.1. The summed E-state index contributed by atoms with van der Waals surface area (Å²) in [6.45, 7) is 2.33. The third-order valence-corrected chi connectivity index (χ3v) is 6.83. The Morgan fingerprint density at radius 2 is 1.43 bits per heavy atom. The van der Waals surface area contributed by atoms with E-state index in [0.717, 1.165) is 50.4 Å². The van der Waals surface area contributed by atoms with Crippen LogP contribution in [0.25, 0.3) is 17.0 Å². The van der Waals surface area contributed by atoms with Gasteiger partial charge in [0.05, 0.1) is 41.7 Å². The SMILES string of the molecule is COc1cc(/C=C/C(=O)OCCCCCN(C)CCCCOC(=O)c2cc(=O)c3c(OC)cccc3o2)cc(OC)c1OC. The summed E-state index contributed by atoms with van der Waals surface area (Å²) in [6, 6.07) is 9.59. The van der Waals surface area contributed by atoms with Crippen LogP contribution >= 0.6 is 0 Å². The van der Waals surface area contributed by atoms with Crippen molar-refractivity contribution in [1.82, 2.24) is 4.90 Å². The van der Waals surface area contributed by atoms with Crippen LogP contribution in [-0.4, -0.2) is 78.6 Å². The molecule has 0 N–H and O–H groups in total. The minimum Gasteiger partial charge on any atom is -0.496 e. The molecule has 1 heterocycles. The zero-order valence-electron chi connectivity index (χ0n) is 26.0. The van der Waals surface area contributed by atoms with E-state index in [9.17, 15) is 14.4 Å². The maximum Gasteiger partial charge on any atom is 0.374 e. The molecule has 1 aromatic heterocycles. The third-order valence-electron chi connectivity index (χ3n) is 6.83. The molecular weight excluding hydrogens is 570 g/mol. The maximum absolute atomic E-state index is 12.4. The summed E-state index contributed by atoms with van der Waals surface area (Å²) < 4.78 is 37.4. The summed E-state index contributed by atoms with van der Waals surface area (Å²) in [6.07, 6.45) is 7.21. The van der Waals surface area contributed by atoms with Crippen LogP contribution in [-0.2, 0) is 14.3 Å². The van der Waals surface area contributed by atoms with Crippen molar-refractivity contribution in [3.8, 4) is 23.0 Å². The molecule has 0 saturated heterocycles. The molecule has 0 saturated carbocycles. The molecule has 0 aliphatic carbocycles. The van der Waals surface area contributed by atoms with E-state index in [-0.39, 0.29) is 28.8 Å². The molecule has 0 fully saturated rings. The van der Waals surface area contributed by atoms with Crippen molar-refractivity contribution < 1.29 is 42.4 Å². The van der Waals surface area contributed by atoms with Crippen LogP contribution in [0.4, 0.5) is 0 Å². The Balaban J connectivity index is 1.27. The highest BCUT2D eigenvalue weighted by Crippen LogP contribution is 2.38. The number of esters is 2. The lowest BCUT2D eigenvalue weighted by Gasteiger charge is -2.16. The van der Waals surface area contributed by atoms with Gasteiger partial charge in [-0.3, -0.25) is 4.79 Å². The molecule has 0 aliphatic heterocycles. The predicted molar refractivity (Wildman–Crippen MR) is 166 cm³/mol. The number of carbonyl (C=O) groups is 2. The fourth-order valence-electron chi connectivity index (χ4n) is 4.52. The molecule has 0 unspecified atom stereocenters. The average Bonchev–Trinajstić information content (AvgIpc) is 3.03. The summed E-state index contributed by atoms with van der Waals surface area (Å²) in [4.78, 5) is 39.2. The standard InChI is InChI=1S/C33H41NO10/c1-34(17-8-10-19-43-33(37)29-22-24(35)31-25(38-2)12-11-13-26(31)44-29)16-7-6-9-18-42-30(36)15-14-23-20-27(39-3)32(41-5)28(21-23)40-4/h11-15,20-22H,6-10,16-19H2,1-5H3/b15-14+. The molecule has 0 radical (unpaired) electrons. The summed E-state index contributed by atoms with van der Waals surface area (Å²) in [7, 11) is 8.11. The van der Waals surface area contributed by atoms with Gasteiger partial charge >= 0.3 is 11.9 Å². The number of ether oxygens (including phenoxy) is 6. The molecule has 3 aromatic rings. The summed E-state index contributed by atoms with van der Waals surface area (Å²) >= 11 is 0. The smallest absolute Gasteiger partial charge is 0.374 e. The van der Waals surface area contributed by atoms with Crippen molar-refractivity contribution in [2.24, 2.45) is 0 Å².